The second-order valence-corrected chi connectivity index (χ2v) is 6.83. The highest BCUT2D eigenvalue weighted by molar-refractivity contribution is 5.83. The summed E-state index contributed by atoms with van der Waals surface area (Å²) in [5.74, 6) is 0.612. The largest absolute Gasteiger partial charge is 0.396 e. The van der Waals surface area contributed by atoms with Gasteiger partial charge < -0.3 is 15.0 Å². The van der Waals surface area contributed by atoms with Crippen molar-refractivity contribution in [1.82, 2.24) is 9.88 Å². The van der Waals surface area contributed by atoms with Crippen LogP contribution in [0.15, 0.2) is 30.5 Å². The van der Waals surface area contributed by atoms with E-state index in [-0.39, 0.29) is 12.0 Å². The molecule has 1 fully saturated rings. The number of fused-ring (bicyclic) bond motifs is 1. The third-order valence-electron chi connectivity index (χ3n) is 4.41. The van der Waals surface area contributed by atoms with Crippen LogP contribution in [-0.4, -0.2) is 41.2 Å². The molecule has 0 unspecified atom stereocenters. The number of H-pyrrole nitrogens is 1. The van der Waals surface area contributed by atoms with Crippen LogP contribution in [0.25, 0.3) is 10.9 Å². The van der Waals surface area contributed by atoms with Crippen molar-refractivity contribution in [2.24, 2.45) is 5.41 Å². The summed E-state index contributed by atoms with van der Waals surface area (Å²) in [6, 6.07) is 8.54. The Morgan fingerprint density at radius 1 is 1.35 bits per heavy atom. The van der Waals surface area contributed by atoms with Crippen molar-refractivity contribution < 1.29 is 5.11 Å². The number of hydrogen-bond donors (Lipinski definition) is 2. The highest BCUT2D eigenvalue weighted by Gasteiger charge is 2.29. The van der Waals surface area contributed by atoms with Crippen LogP contribution in [0.2, 0.25) is 0 Å². The molecule has 3 rings (SSSR count). The zero-order valence-electron chi connectivity index (χ0n) is 12.4. The molecule has 0 amide bonds. The van der Waals surface area contributed by atoms with E-state index < -0.39 is 0 Å². The minimum Gasteiger partial charge on any atom is -0.396 e. The zero-order chi connectivity index (χ0) is 14.2. The normalized spacial score (nSPS) is 20.9. The fourth-order valence-corrected chi connectivity index (χ4v) is 3.32. The van der Waals surface area contributed by atoms with Crippen molar-refractivity contribution in [3.05, 3.63) is 36.0 Å². The Balaban J connectivity index is 1.74. The summed E-state index contributed by atoms with van der Waals surface area (Å²) < 4.78 is 0. The first-order valence-corrected chi connectivity index (χ1v) is 7.48. The summed E-state index contributed by atoms with van der Waals surface area (Å²) in [6.07, 6.45) is 3.39. The van der Waals surface area contributed by atoms with Crippen LogP contribution in [0.4, 0.5) is 0 Å². The molecule has 2 heterocycles. The number of aliphatic hydroxyl groups is 1. The number of likely N-dealkylation sites (tertiary alicyclic amines) is 1. The van der Waals surface area contributed by atoms with Gasteiger partial charge >= 0.3 is 0 Å². The fourth-order valence-electron chi connectivity index (χ4n) is 3.32. The molecule has 20 heavy (non-hydrogen) atoms. The zero-order valence-corrected chi connectivity index (χ0v) is 12.4. The summed E-state index contributed by atoms with van der Waals surface area (Å²) in [7, 11) is 0. The first kappa shape index (κ1) is 13.7. The molecule has 0 bridgehead atoms. The van der Waals surface area contributed by atoms with E-state index in [1.165, 1.54) is 22.9 Å². The highest BCUT2D eigenvalue weighted by atomic mass is 16.3. The molecule has 3 nitrogen and oxygen atoms in total. The Morgan fingerprint density at radius 2 is 2.15 bits per heavy atom. The number of hydrogen-bond acceptors (Lipinski definition) is 2. The first-order chi connectivity index (χ1) is 9.59. The van der Waals surface area contributed by atoms with E-state index in [4.69, 9.17) is 0 Å². The van der Waals surface area contributed by atoms with Crippen LogP contribution < -0.4 is 0 Å². The molecule has 0 saturated carbocycles. The van der Waals surface area contributed by atoms with Gasteiger partial charge in [-0.1, -0.05) is 32.0 Å². The maximum Gasteiger partial charge on any atom is 0.0494 e. The van der Waals surface area contributed by atoms with Gasteiger partial charge in [-0.15, -0.1) is 0 Å². The second kappa shape index (κ2) is 5.23. The molecule has 1 atom stereocenters. The highest BCUT2D eigenvalue weighted by Crippen LogP contribution is 2.33. The molecule has 1 saturated heterocycles. The van der Waals surface area contributed by atoms with Gasteiger partial charge in [0.15, 0.2) is 0 Å². The van der Waals surface area contributed by atoms with E-state index in [1.807, 2.05) is 0 Å². The molecule has 0 aliphatic carbocycles. The monoisotopic (exact) mass is 272 g/mol. The van der Waals surface area contributed by atoms with E-state index in [0.29, 0.717) is 5.92 Å². The maximum atomic E-state index is 9.41. The minimum atomic E-state index is -0.00486. The Morgan fingerprint density at radius 3 is 2.95 bits per heavy atom. The van der Waals surface area contributed by atoms with Gasteiger partial charge in [-0.25, -0.2) is 0 Å². The average molecular weight is 272 g/mol. The van der Waals surface area contributed by atoms with Gasteiger partial charge in [0.2, 0.25) is 0 Å². The summed E-state index contributed by atoms with van der Waals surface area (Å²) >= 11 is 0. The number of benzene rings is 1. The third kappa shape index (κ3) is 2.60. The molecule has 108 valence electrons. The predicted octanol–water partition coefficient (Wildman–Crippen LogP) is 2.98. The van der Waals surface area contributed by atoms with Crippen LogP contribution in [0.5, 0.6) is 0 Å². The van der Waals surface area contributed by atoms with Crippen molar-refractivity contribution >= 4 is 10.9 Å². The lowest BCUT2D eigenvalue weighted by Gasteiger charge is -2.28. The molecule has 2 aromatic rings. The van der Waals surface area contributed by atoms with Crippen molar-refractivity contribution in [1.29, 1.82) is 0 Å². The van der Waals surface area contributed by atoms with Crippen LogP contribution in [-0.2, 0) is 0 Å². The molecule has 2 N–H and O–H groups in total. The van der Waals surface area contributed by atoms with E-state index >= 15 is 0 Å². The number of nitrogens with one attached hydrogen (secondary N) is 1. The second-order valence-electron chi connectivity index (χ2n) is 6.83. The smallest absolute Gasteiger partial charge is 0.0494 e. The van der Waals surface area contributed by atoms with E-state index in [9.17, 15) is 5.11 Å². The van der Waals surface area contributed by atoms with E-state index in [1.54, 1.807) is 0 Å². The van der Waals surface area contributed by atoms with Crippen LogP contribution in [0.1, 0.15) is 31.7 Å². The Bertz CT molecular complexity index is 587. The van der Waals surface area contributed by atoms with Gasteiger partial charge in [0.25, 0.3) is 0 Å². The van der Waals surface area contributed by atoms with Gasteiger partial charge in [-0.3, -0.25) is 0 Å². The summed E-state index contributed by atoms with van der Waals surface area (Å²) in [6.45, 7) is 7.72. The van der Waals surface area contributed by atoms with Gasteiger partial charge in [0.05, 0.1) is 0 Å². The van der Waals surface area contributed by atoms with Crippen LogP contribution in [0, 0.1) is 5.41 Å². The van der Waals surface area contributed by atoms with Crippen molar-refractivity contribution in [3.8, 4) is 0 Å². The first-order valence-electron chi connectivity index (χ1n) is 7.48. The van der Waals surface area contributed by atoms with Crippen molar-refractivity contribution in [2.75, 3.05) is 26.2 Å². The minimum absolute atomic E-state index is 0.00486. The van der Waals surface area contributed by atoms with Gasteiger partial charge in [0, 0.05) is 42.2 Å². The Kier molecular flexibility index (Phi) is 3.57. The Hall–Kier alpha value is -1.32. The summed E-state index contributed by atoms with van der Waals surface area (Å²) in [4.78, 5) is 5.87. The van der Waals surface area contributed by atoms with Crippen LogP contribution in [0.3, 0.4) is 0 Å². The number of aromatic nitrogens is 1. The maximum absolute atomic E-state index is 9.41. The SMILES string of the molecule is CC(C)(CO)CN1CC[C@H](c2c[nH]c3ccccc23)C1. The lowest BCUT2D eigenvalue weighted by molar-refractivity contribution is 0.114. The van der Waals surface area contributed by atoms with Gasteiger partial charge in [-0.2, -0.15) is 0 Å². The standard InChI is InChI=1S/C17H24N2O/c1-17(2,12-20)11-19-8-7-13(10-19)15-9-18-16-6-4-3-5-14(15)16/h3-6,9,13,18,20H,7-8,10-12H2,1-2H3/t13-/m0/s1. The Labute approximate surface area is 120 Å². The molecular formula is C17H24N2O. The number of rotatable bonds is 4. The molecule has 1 aliphatic heterocycles. The van der Waals surface area contributed by atoms with Crippen molar-refractivity contribution in [3.63, 3.8) is 0 Å². The number of aromatic amines is 1. The van der Waals surface area contributed by atoms with Crippen molar-refractivity contribution in [2.45, 2.75) is 26.2 Å². The molecule has 1 aliphatic rings. The lowest BCUT2D eigenvalue weighted by atomic mass is 9.94. The quantitative estimate of drug-likeness (QED) is 0.898. The lowest BCUT2D eigenvalue weighted by Crippen LogP contribution is -2.34. The molecule has 3 heteroatoms. The molecule has 0 radical (unpaired) electrons. The van der Waals surface area contributed by atoms with E-state index in [0.717, 1.165) is 19.6 Å². The average Bonchev–Trinajstić information content (AvgIpc) is 3.04. The fraction of sp³-hybridized carbons (Fsp3) is 0.529. The number of nitrogens with zero attached hydrogens (tertiary/aromatic N) is 1. The summed E-state index contributed by atoms with van der Waals surface area (Å²) in [5.41, 5.74) is 2.68. The van der Waals surface area contributed by atoms with Crippen LogP contribution >= 0.6 is 0 Å². The molecular weight excluding hydrogens is 248 g/mol. The van der Waals surface area contributed by atoms with Gasteiger partial charge in [0.1, 0.15) is 0 Å². The molecule has 0 spiro atoms. The number of para-hydroxylation sites is 1. The third-order valence-corrected chi connectivity index (χ3v) is 4.41. The predicted molar refractivity (Wildman–Crippen MR) is 83.0 cm³/mol. The van der Waals surface area contributed by atoms with Gasteiger partial charge in [-0.05, 0) is 30.5 Å². The summed E-state index contributed by atoms with van der Waals surface area (Å²) in [5, 5.41) is 10.8. The van der Waals surface area contributed by atoms with E-state index in [2.05, 4.69) is 54.2 Å². The number of aliphatic hydroxyl groups excluding tert-OH is 1. The molecule has 1 aromatic carbocycles. The topological polar surface area (TPSA) is 39.3 Å². The molecule has 1 aromatic heterocycles.